The minimum Gasteiger partial charge on any atom is -0.479 e. The van der Waals surface area contributed by atoms with Gasteiger partial charge >= 0.3 is 11.9 Å². The molecular weight excluding hydrogens is 325 g/mol. The van der Waals surface area contributed by atoms with Crippen LogP contribution >= 0.6 is 11.6 Å². The molecule has 0 aliphatic rings. The van der Waals surface area contributed by atoms with Gasteiger partial charge in [0.15, 0.2) is 0 Å². The van der Waals surface area contributed by atoms with Crippen molar-refractivity contribution in [2.45, 2.75) is 18.9 Å². The van der Waals surface area contributed by atoms with Crippen LogP contribution in [0.1, 0.15) is 23.0 Å². The molecule has 2 rings (SSSR count). The van der Waals surface area contributed by atoms with Gasteiger partial charge < -0.3 is 14.4 Å². The van der Waals surface area contributed by atoms with Gasteiger partial charge in [0.1, 0.15) is 17.1 Å². The predicted molar refractivity (Wildman–Crippen MR) is 82.2 cm³/mol. The van der Waals surface area contributed by atoms with Gasteiger partial charge in [0.05, 0.1) is 12.1 Å². The Balaban J connectivity index is 2.48. The van der Waals surface area contributed by atoms with E-state index in [4.69, 9.17) is 11.6 Å². The number of esters is 1. The number of carbonyl (C=O) groups excluding carboxylic acids is 1. The molecule has 1 aromatic carbocycles. The van der Waals surface area contributed by atoms with Gasteiger partial charge in [0.25, 0.3) is 0 Å². The Morgan fingerprint density at radius 1 is 1.39 bits per heavy atom. The molecule has 0 saturated heterocycles. The fraction of sp³-hybridized carbons (Fsp3) is 0.250. The van der Waals surface area contributed by atoms with Crippen LogP contribution < -0.4 is 0 Å². The molecular formula is C16H15ClFNO4. The van der Waals surface area contributed by atoms with Crippen molar-refractivity contribution in [3.05, 3.63) is 58.6 Å². The maximum Gasteiger partial charge on any atom is 0.354 e. The summed E-state index contributed by atoms with van der Waals surface area (Å²) in [6.45, 7) is 1.47. The van der Waals surface area contributed by atoms with Crippen LogP contribution in [0.25, 0.3) is 0 Å². The molecule has 1 aromatic heterocycles. The number of carboxylic acids is 1. The molecule has 1 unspecified atom stereocenters. The largest absolute Gasteiger partial charge is 0.479 e. The van der Waals surface area contributed by atoms with Gasteiger partial charge in [-0.25, -0.2) is 14.0 Å². The summed E-state index contributed by atoms with van der Waals surface area (Å²) < 4.78 is 19.3. The molecule has 2 aromatic rings. The highest BCUT2D eigenvalue weighted by Crippen LogP contribution is 2.27. The molecule has 0 aliphatic heterocycles. The summed E-state index contributed by atoms with van der Waals surface area (Å²) in [5.74, 6) is -2.36. The van der Waals surface area contributed by atoms with E-state index in [0.29, 0.717) is 5.56 Å². The third kappa shape index (κ3) is 3.22. The van der Waals surface area contributed by atoms with Gasteiger partial charge in [-0.2, -0.15) is 0 Å². The maximum atomic E-state index is 13.3. The molecule has 5 nitrogen and oxygen atoms in total. The van der Waals surface area contributed by atoms with E-state index in [2.05, 4.69) is 4.74 Å². The molecule has 1 N–H and O–H groups in total. The quantitative estimate of drug-likeness (QED) is 0.850. The van der Waals surface area contributed by atoms with E-state index in [1.807, 2.05) is 0 Å². The lowest BCUT2D eigenvalue weighted by Crippen LogP contribution is -2.42. The first kappa shape index (κ1) is 17.0. The number of nitrogens with zero attached hydrogens (tertiary/aromatic N) is 1. The minimum absolute atomic E-state index is 0.0149. The van der Waals surface area contributed by atoms with Crippen molar-refractivity contribution in [3.63, 3.8) is 0 Å². The van der Waals surface area contributed by atoms with Gasteiger partial charge in [0, 0.05) is 12.6 Å². The van der Waals surface area contributed by atoms with Crippen LogP contribution in [0.2, 0.25) is 5.02 Å². The zero-order valence-corrected chi connectivity index (χ0v) is 13.3. The van der Waals surface area contributed by atoms with Gasteiger partial charge in [-0.1, -0.05) is 17.7 Å². The Morgan fingerprint density at radius 2 is 2.09 bits per heavy atom. The highest BCUT2D eigenvalue weighted by molar-refractivity contribution is 6.30. The van der Waals surface area contributed by atoms with Crippen molar-refractivity contribution >= 4 is 23.5 Å². The average molecular weight is 340 g/mol. The number of carbonyl (C=O) groups is 2. The average Bonchev–Trinajstić information content (AvgIpc) is 3.00. The molecule has 0 amide bonds. The van der Waals surface area contributed by atoms with Gasteiger partial charge in [-0.3, -0.25) is 0 Å². The molecule has 7 heteroatoms. The Hall–Kier alpha value is -2.34. The first-order chi connectivity index (χ1) is 10.8. The van der Waals surface area contributed by atoms with Gasteiger partial charge in [-0.15, -0.1) is 0 Å². The fourth-order valence-corrected chi connectivity index (χ4v) is 2.60. The van der Waals surface area contributed by atoms with E-state index in [1.165, 1.54) is 49.1 Å². The minimum atomic E-state index is -1.46. The molecule has 1 heterocycles. The number of hydrogen-bond acceptors (Lipinski definition) is 3. The van der Waals surface area contributed by atoms with Crippen molar-refractivity contribution in [2.75, 3.05) is 7.11 Å². The van der Waals surface area contributed by atoms with Crippen molar-refractivity contribution in [2.24, 2.45) is 0 Å². The second kappa shape index (κ2) is 6.42. The third-order valence-corrected chi connectivity index (χ3v) is 3.96. The van der Waals surface area contributed by atoms with Crippen molar-refractivity contribution in [1.82, 2.24) is 4.57 Å². The van der Waals surface area contributed by atoms with Gasteiger partial charge in [0.2, 0.25) is 0 Å². The van der Waals surface area contributed by atoms with Gasteiger partial charge in [-0.05, 0) is 36.8 Å². The molecule has 0 aliphatic carbocycles. The molecule has 0 bridgehead atoms. The summed E-state index contributed by atoms with van der Waals surface area (Å²) in [6.07, 6.45) is 1.51. The molecule has 1 atom stereocenters. The number of rotatable bonds is 5. The first-order valence-corrected chi connectivity index (χ1v) is 7.11. The van der Waals surface area contributed by atoms with E-state index >= 15 is 0 Å². The number of benzene rings is 1. The maximum absolute atomic E-state index is 13.3. The SMILES string of the molecule is COC(=O)c1cccn1C(C)(Cc1ccc(F)c(Cl)c1)C(=O)O. The number of halogens is 2. The number of hydrogen-bond donors (Lipinski definition) is 1. The summed E-state index contributed by atoms with van der Waals surface area (Å²) >= 11 is 5.75. The number of carboxylic acid groups (broad SMARTS) is 1. The lowest BCUT2D eigenvalue weighted by molar-refractivity contribution is -0.146. The molecule has 0 radical (unpaired) electrons. The second-order valence-electron chi connectivity index (χ2n) is 5.26. The highest BCUT2D eigenvalue weighted by atomic mass is 35.5. The van der Waals surface area contributed by atoms with E-state index in [1.54, 1.807) is 6.07 Å². The Kier molecular flexibility index (Phi) is 4.75. The van der Waals surface area contributed by atoms with Crippen LogP contribution in [0.3, 0.4) is 0 Å². The summed E-state index contributed by atoms with van der Waals surface area (Å²) in [5, 5.41) is 9.60. The van der Waals surface area contributed by atoms with Crippen LogP contribution in [0.15, 0.2) is 36.5 Å². The topological polar surface area (TPSA) is 68.5 Å². The van der Waals surface area contributed by atoms with E-state index in [0.717, 1.165) is 0 Å². The molecule has 0 fully saturated rings. The lowest BCUT2D eigenvalue weighted by atomic mass is 9.92. The number of aliphatic carboxylic acids is 1. The zero-order valence-electron chi connectivity index (χ0n) is 12.5. The third-order valence-electron chi connectivity index (χ3n) is 3.67. The summed E-state index contributed by atoms with van der Waals surface area (Å²) in [5.41, 5.74) is -0.815. The van der Waals surface area contributed by atoms with Crippen molar-refractivity contribution in [1.29, 1.82) is 0 Å². The highest BCUT2D eigenvalue weighted by Gasteiger charge is 2.37. The zero-order chi connectivity index (χ0) is 17.2. The van der Waals surface area contributed by atoms with Crippen molar-refractivity contribution < 1.29 is 23.8 Å². The standard InChI is InChI=1S/C16H15ClFNO4/c1-16(15(21)22,9-10-5-6-12(18)11(17)8-10)19-7-3-4-13(19)14(20)23-2/h3-8H,9H2,1-2H3,(H,21,22). The van der Waals surface area contributed by atoms with E-state index in [-0.39, 0.29) is 17.1 Å². The summed E-state index contributed by atoms with van der Waals surface area (Å²) in [6, 6.07) is 7.05. The molecule has 23 heavy (non-hydrogen) atoms. The van der Waals surface area contributed by atoms with Crippen LogP contribution in [0.4, 0.5) is 4.39 Å². The van der Waals surface area contributed by atoms with Crippen LogP contribution in [0.5, 0.6) is 0 Å². The normalized spacial score (nSPS) is 13.4. The number of aromatic nitrogens is 1. The fourth-order valence-electron chi connectivity index (χ4n) is 2.39. The number of methoxy groups -OCH3 is 1. The van der Waals surface area contributed by atoms with Crippen molar-refractivity contribution in [3.8, 4) is 0 Å². The first-order valence-electron chi connectivity index (χ1n) is 6.73. The van der Waals surface area contributed by atoms with Crippen LogP contribution in [0, 0.1) is 5.82 Å². The molecule has 0 saturated carbocycles. The summed E-state index contributed by atoms with van der Waals surface area (Å²) in [4.78, 5) is 23.7. The Labute approximate surface area is 137 Å². The van der Waals surface area contributed by atoms with Crippen LogP contribution in [-0.2, 0) is 21.5 Å². The van der Waals surface area contributed by atoms with Crippen LogP contribution in [-0.4, -0.2) is 28.7 Å². The van der Waals surface area contributed by atoms with E-state index < -0.39 is 23.3 Å². The predicted octanol–water partition coefficient (Wildman–Crippen LogP) is 3.11. The monoisotopic (exact) mass is 339 g/mol. The summed E-state index contributed by atoms with van der Waals surface area (Å²) in [7, 11) is 1.22. The smallest absolute Gasteiger partial charge is 0.354 e. The molecule has 122 valence electrons. The Morgan fingerprint density at radius 3 is 2.65 bits per heavy atom. The van der Waals surface area contributed by atoms with E-state index in [9.17, 15) is 19.1 Å². The lowest BCUT2D eigenvalue weighted by Gasteiger charge is -2.28. The second-order valence-corrected chi connectivity index (χ2v) is 5.67. The Bertz CT molecular complexity index is 758. The molecule has 0 spiro atoms. The number of ether oxygens (including phenoxy) is 1.